The van der Waals surface area contributed by atoms with Gasteiger partial charge in [0.1, 0.15) is 11.9 Å². The Kier molecular flexibility index (Phi) is 6.30. The number of piperazine rings is 1. The maximum absolute atomic E-state index is 12.8. The lowest BCUT2D eigenvalue weighted by atomic mass is 10.1. The Hall–Kier alpha value is -2.06. The molecular weight excluding hydrogens is 369 g/mol. The highest BCUT2D eigenvalue weighted by molar-refractivity contribution is 5.85. The highest BCUT2D eigenvalue weighted by Crippen LogP contribution is 2.30. The van der Waals surface area contributed by atoms with Crippen molar-refractivity contribution < 1.29 is 18.0 Å². The molecule has 1 amide bonds. The maximum atomic E-state index is 12.8. The first-order chi connectivity index (χ1) is 11.9. The van der Waals surface area contributed by atoms with Crippen molar-refractivity contribution in [3.8, 4) is 0 Å². The van der Waals surface area contributed by atoms with Gasteiger partial charge in [0.05, 0.1) is 12.0 Å². The Morgan fingerprint density at radius 2 is 2.15 bits per heavy atom. The highest BCUT2D eigenvalue weighted by Gasteiger charge is 2.32. The Bertz CT molecular complexity index is 762. The molecule has 1 atom stereocenters. The molecule has 0 radical (unpaired) electrons. The van der Waals surface area contributed by atoms with E-state index in [1.54, 1.807) is 23.4 Å². The smallest absolute Gasteiger partial charge is 0.336 e. The number of aromatic nitrogens is 2. The van der Waals surface area contributed by atoms with Gasteiger partial charge in [-0.2, -0.15) is 13.2 Å². The van der Waals surface area contributed by atoms with Crippen LogP contribution in [-0.4, -0.2) is 40.0 Å². The van der Waals surface area contributed by atoms with Crippen LogP contribution < -0.4 is 5.32 Å². The number of imidazole rings is 1. The summed E-state index contributed by atoms with van der Waals surface area (Å²) in [7, 11) is 1.85. The summed E-state index contributed by atoms with van der Waals surface area (Å²) in [4.78, 5) is 18.7. The van der Waals surface area contributed by atoms with E-state index in [9.17, 15) is 18.0 Å². The van der Waals surface area contributed by atoms with Crippen molar-refractivity contribution in [1.82, 2.24) is 19.8 Å². The van der Waals surface area contributed by atoms with Crippen LogP contribution in [0.1, 0.15) is 23.0 Å². The van der Waals surface area contributed by atoms with Crippen molar-refractivity contribution in [3.63, 3.8) is 0 Å². The number of carbonyl (C=O) groups excluding carboxylic acids is 1. The average molecular weight is 389 g/mol. The van der Waals surface area contributed by atoms with Crippen LogP contribution in [0.2, 0.25) is 0 Å². The maximum Gasteiger partial charge on any atom is 0.416 e. The molecule has 2 heterocycles. The van der Waals surface area contributed by atoms with Crippen molar-refractivity contribution >= 4 is 18.3 Å². The molecule has 1 unspecified atom stereocenters. The molecule has 1 aliphatic heterocycles. The van der Waals surface area contributed by atoms with Gasteiger partial charge in [0.15, 0.2) is 0 Å². The number of amides is 1. The summed E-state index contributed by atoms with van der Waals surface area (Å²) in [6.45, 7) is 1.71. The van der Waals surface area contributed by atoms with Gasteiger partial charge in [-0.15, -0.1) is 12.4 Å². The molecule has 1 aliphatic rings. The lowest BCUT2D eigenvalue weighted by molar-refractivity contribution is -0.138. The first-order valence-electron chi connectivity index (χ1n) is 8.00. The van der Waals surface area contributed by atoms with Gasteiger partial charge in [0.2, 0.25) is 5.91 Å². The molecule has 26 heavy (non-hydrogen) atoms. The third-order valence-electron chi connectivity index (χ3n) is 4.33. The molecule has 1 N–H and O–H groups in total. The average Bonchev–Trinajstić information content (AvgIpc) is 3.00. The molecule has 5 nitrogen and oxygen atoms in total. The van der Waals surface area contributed by atoms with E-state index < -0.39 is 11.7 Å². The third-order valence-corrected chi connectivity index (χ3v) is 4.33. The van der Waals surface area contributed by atoms with E-state index in [1.165, 1.54) is 6.07 Å². The predicted octanol–water partition coefficient (Wildman–Crippen LogP) is 2.58. The fourth-order valence-electron chi connectivity index (χ4n) is 3.07. The van der Waals surface area contributed by atoms with Crippen LogP contribution in [0, 0.1) is 0 Å². The molecule has 1 aromatic carbocycles. The van der Waals surface area contributed by atoms with E-state index in [0.717, 1.165) is 18.0 Å². The summed E-state index contributed by atoms with van der Waals surface area (Å²) < 4.78 is 40.4. The van der Waals surface area contributed by atoms with E-state index in [4.69, 9.17) is 0 Å². The number of carbonyl (C=O) groups is 1. The van der Waals surface area contributed by atoms with Crippen LogP contribution >= 0.6 is 12.4 Å². The first kappa shape index (κ1) is 20.3. The summed E-state index contributed by atoms with van der Waals surface area (Å²) in [5.74, 6) is 0.554. The largest absolute Gasteiger partial charge is 0.416 e. The van der Waals surface area contributed by atoms with Crippen LogP contribution in [0.15, 0.2) is 36.7 Å². The zero-order chi connectivity index (χ0) is 18.0. The van der Waals surface area contributed by atoms with Gasteiger partial charge in [-0.05, 0) is 11.6 Å². The van der Waals surface area contributed by atoms with Crippen LogP contribution in [0.25, 0.3) is 0 Å². The molecule has 9 heteroatoms. The number of halogens is 4. The van der Waals surface area contributed by atoms with Crippen molar-refractivity contribution in [1.29, 1.82) is 0 Å². The number of aryl methyl sites for hydroxylation is 1. The van der Waals surface area contributed by atoms with Gasteiger partial charge >= 0.3 is 6.18 Å². The molecule has 142 valence electrons. The summed E-state index contributed by atoms with van der Waals surface area (Å²) in [6.07, 6.45) is -1.01. The van der Waals surface area contributed by atoms with Gasteiger partial charge in [0, 0.05) is 39.1 Å². The lowest BCUT2D eigenvalue weighted by Gasteiger charge is -2.36. The van der Waals surface area contributed by atoms with Gasteiger partial charge < -0.3 is 14.8 Å². The highest BCUT2D eigenvalue weighted by atomic mass is 35.5. The van der Waals surface area contributed by atoms with Crippen molar-refractivity contribution in [2.45, 2.75) is 18.6 Å². The van der Waals surface area contributed by atoms with Crippen LogP contribution in [0.4, 0.5) is 13.2 Å². The topological polar surface area (TPSA) is 50.2 Å². The molecule has 1 saturated heterocycles. The van der Waals surface area contributed by atoms with Gasteiger partial charge in [0.25, 0.3) is 0 Å². The van der Waals surface area contributed by atoms with E-state index in [1.807, 2.05) is 11.6 Å². The Labute approximate surface area is 155 Å². The SMILES string of the molecule is Cl.Cn1ccnc1C1CNCCN1C(=O)Cc1cccc(C(F)(F)F)c1. The molecule has 0 aliphatic carbocycles. The predicted molar refractivity (Wildman–Crippen MR) is 92.9 cm³/mol. The lowest BCUT2D eigenvalue weighted by Crippen LogP contribution is -2.49. The Balaban J connectivity index is 0.00000243. The number of nitrogens with zero attached hydrogens (tertiary/aromatic N) is 3. The fraction of sp³-hybridized carbons (Fsp3) is 0.412. The normalized spacial score (nSPS) is 17.7. The second kappa shape index (κ2) is 8.09. The van der Waals surface area contributed by atoms with Gasteiger partial charge in [-0.25, -0.2) is 4.98 Å². The van der Waals surface area contributed by atoms with Gasteiger partial charge in [-0.1, -0.05) is 18.2 Å². The second-order valence-corrected chi connectivity index (χ2v) is 6.08. The Morgan fingerprint density at radius 3 is 2.81 bits per heavy atom. The Morgan fingerprint density at radius 1 is 1.38 bits per heavy atom. The fourth-order valence-corrected chi connectivity index (χ4v) is 3.07. The zero-order valence-corrected chi connectivity index (χ0v) is 15.0. The second-order valence-electron chi connectivity index (χ2n) is 6.08. The van der Waals surface area contributed by atoms with Crippen LogP contribution in [0.3, 0.4) is 0 Å². The summed E-state index contributed by atoms with van der Waals surface area (Å²) >= 11 is 0. The summed E-state index contributed by atoms with van der Waals surface area (Å²) in [5, 5.41) is 3.23. The number of hydrogen-bond acceptors (Lipinski definition) is 3. The quantitative estimate of drug-likeness (QED) is 0.879. The van der Waals surface area contributed by atoms with E-state index >= 15 is 0 Å². The van der Waals surface area contributed by atoms with E-state index in [0.29, 0.717) is 25.2 Å². The van der Waals surface area contributed by atoms with Crippen LogP contribution in [-0.2, 0) is 24.4 Å². The first-order valence-corrected chi connectivity index (χ1v) is 8.00. The summed E-state index contributed by atoms with van der Waals surface area (Å²) in [5.41, 5.74) is -0.379. The number of hydrogen-bond donors (Lipinski definition) is 1. The number of rotatable bonds is 3. The minimum absolute atomic E-state index is 0. The molecule has 1 fully saturated rings. The molecule has 0 spiro atoms. The monoisotopic (exact) mass is 388 g/mol. The molecule has 0 bridgehead atoms. The standard InChI is InChI=1S/C17H19F3N4O.ClH/c1-23-7-6-22-16(23)14-11-21-5-8-24(14)15(25)10-12-3-2-4-13(9-12)17(18,19)20;/h2-4,6-7,9,14,21H,5,8,10-11H2,1H3;1H. The molecule has 2 aromatic rings. The van der Waals surface area contributed by atoms with Crippen molar-refractivity contribution in [2.24, 2.45) is 7.05 Å². The molecular formula is C17H20ClF3N4O. The molecule has 1 aromatic heterocycles. The third kappa shape index (κ3) is 4.37. The van der Waals surface area contributed by atoms with Crippen molar-refractivity contribution in [2.75, 3.05) is 19.6 Å². The van der Waals surface area contributed by atoms with E-state index in [2.05, 4.69) is 10.3 Å². The molecule has 0 saturated carbocycles. The number of nitrogens with one attached hydrogen (secondary N) is 1. The summed E-state index contributed by atoms with van der Waals surface area (Å²) in [6, 6.07) is 4.70. The van der Waals surface area contributed by atoms with E-state index in [-0.39, 0.29) is 30.8 Å². The van der Waals surface area contributed by atoms with Crippen LogP contribution in [0.5, 0.6) is 0 Å². The minimum Gasteiger partial charge on any atom is -0.336 e. The number of benzene rings is 1. The van der Waals surface area contributed by atoms with Gasteiger partial charge in [-0.3, -0.25) is 4.79 Å². The zero-order valence-electron chi connectivity index (χ0n) is 14.2. The number of alkyl halides is 3. The minimum atomic E-state index is -4.41. The van der Waals surface area contributed by atoms with Crippen molar-refractivity contribution in [3.05, 3.63) is 53.6 Å². The molecule has 3 rings (SSSR count).